The van der Waals surface area contributed by atoms with E-state index in [1.54, 1.807) is 0 Å². The molecule has 0 atom stereocenters. The molecule has 1 N–H and O–H groups in total. The van der Waals surface area contributed by atoms with E-state index in [2.05, 4.69) is 36.1 Å². The van der Waals surface area contributed by atoms with Crippen LogP contribution < -0.4 is 5.32 Å². The Morgan fingerprint density at radius 1 is 1.40 bits per heavy atom. The molecule has 1 fully saturated rings. The van der Waals surface area contributed by atoms with E-state index in [1.807, 2.05) is 0 Å². The molecule has 1 aliphatic carbocycles. The molecular formula is C12H25N3. The van der Waals surface area contributed by atoms with E-state index in [4.69, 9.17) is 0 Å². The van der Waals surface area contributed by atoms with Crippen LogP contribution in [0.2, 0.25) is 0 Å². The van der Waals surface area contributed by atoms with Crippen LogP contribution in [-0.4, -0.2) is 37.0 Å². The van der Waals surface area contributed by atoms with Crippen molar-refractivity contribution in [3.63, 3.8) is 0 Å². The normalized spacial score (nSPS) is 17.4. The predicted octanol–water partition coefficient (Wildman–Crippen LogP) is 2.24. The van der Waals surface area contributed by atoms with Crippen molar-refractivity contribution in [2.45, 2.75) is 52.0 Å². The van der Waals surface area contributed by atoms with E-state index in [1.165, 1.54) is 32.1 Å². The first-order valence-electron chi connectivity index (χ1n) is 6.30. The first-order chi connectivity index (χ1) is 7.27. The van der Waals surface area contributed by atoms with Gasteiger partial charge < -0.3 is 10.2 Å². The maximum atomic E-state index is 4.53. The van der Waals surface area contributed by atoms with Crippen LogP contribution in [0.5, 0.6) is 0 Å². The zero-order valence-corrected chi connectivity index (χ0v) is 10.4. The lowest BCUT2D eigenvalue weighted by molar-refractivity contribution is 0.359. The summed E-state index contributed by atoms with van der Waals surface area (Å²) in [5, 5.41) is 3.54. The number of hydrogen-bond acceptors (Lipinski definition) is 1. The van der Waals surface area contributed by atoms with E-state index >= 15 is 0 Å². The third-order valence-corrected chi connectivity index (χ3v) is 2.95. The van der Waals surface area contributed by atoms with Gasteiger partial charge in [0.15, 0.2) is 5.96 Å². The summed E-state index contributed by atoms with van der Waals surface area (Å²) >= 11 is 0. The lowest BCUT2D eigenvalue weighted by Crippen LogP contribution is -2.47. The molecule has 3 heteroatoms. The van der Waals surface area contributed by atoms with Crippen LogP contribution in [0.1, 0.15) is 46.0 Å². The highest BCUT2D eigenvalue weighted by atomic mass is 15.3. The van der Waals surface area contributed by atoms with Crippen molar-refractivity contribution in [2.75, 3.05) is 20.1 Å². The average molecular weight is 211 g/mol. The van der Waals surface area contributed by atoms with E-state index < -0.39 is 0 Å². The van der Waals surface area contributed by atoms with Crippen molar-refractivity contribution < 1.29 is 0 Å². The summed E-state index contributed by atoms with van der Waals surface area (Å²) in [4.78, 5) is 6.79. The maximum Gasteiger partial charge on any atom is 0.193 e. The maximum absolute atomic E-state index is 4.53. The smallest absolute Gasteiger partial charge is 0.193 e. The highest BCUT2D eigenvalue weighted by molar-refractivity contribution is 5.80. The zero-order chi connectivity index (χ0) is 11.1. The van der Waals surface area contributed by atoms with Crippen LogP contribution >= 0.6 is 0 Å². The Balaban J connectivity index is 2.37. The standard InChI is InChI=1S/C12H25N3/c1-4-6-10-15(3)12(13-5-2)14-11-8-7-9-11/h11H,4-10H2,1-3H3,(H,13,14). The van der Waals surface area contributed by atoms with Crippen molar-refractivity contribution in [1.82, 2.24) is 10.2 Å². The second kappa shape index (κ2) is 6.70. The van der Waals surface area contributed by atoms with Gasteiger partial charge >= 0.3 is 0 Å². The largest absolute Gasteiger partial charge is 0.354 e. The summed E-state index contributed by atoms with van der Waals surface area (Å²) in [6.45, 7) is 6.29. The number of unbranched alkanes of at least 4 members (excludes halogenated alkanes) is 1. The number of aliphatic imine (C=N–C) groups is 1. The average Bonchev–Trinajstić information content (AvgIpc) is 2.18. The minimum Gasteiger partial charge on any atom is -0.354 e. The quantitative estimate of drug-likeness (QED) is 0.558. The summed E-state index contributed by atoms with van der Waals surface area (Å²) in [5.74, 6) is 1.09. The molecule has 0 aromatic carbocycles. The van der Waals surface area contributed by atoms with Gasteiger partial charge in [-0.1, -0.05) is 13.3 Å². The molecule has 0 amide bonds. The SMILES string of the molecule is CCCCN(C)C(=NCC)NC1CCC1. The Morgan fingerprint density at radius 2 is 2.13 bits per heavy atom. The molecule has 0 radical (unpaired) electrons. The van der Waals surface area contributed by atoms with Gasteiger partial charge in [0.05, 0.1) is 0 Å². The lowest BCUT2D eigenvalue weighted by atomic mass is 9.93. The molecular weight excluding hydrogens is 186 g/mol. The van der Waals surface area contributed by atoms with Gasteiger partial charge in [-0.3, -0.25) is 4.99 Å². The van der Waals surface area contributed by atoms with E-state index in [-0.39, 0.29) is 0 Å². The lowest BCUT2D eigenvalue weighted by Gasteiger charge is -2.31. The molecule has 0 aromatic heterocycles. The van der Waals surface area contributed by atoms with Crippen molar-refractivity contribution >= 4 is 5.96 Å². The van der Waals surface area contributed by atoms with E-state index in [0.29, 0.717) is 6.04 Å². The van der Waals surface area contributed by atoms with Crippen molar-refractivity contribution in [3.05, 3.63) is 0 Å². The summed E-state index contributed by atoms with van der Waals surface area (Å²) in [6.07, 6.45) is 6.48. The van der Waals surface area contributed by atoms with Crippen LogP contribution in [-0.2, 0) is 0 Å². The molecule has 1 saturated carbocycles. The molecule has 88 valence electrons. The summed E-state index contributed by atoms with van der Waals surface area (Å²) in [7, 11) is 2.13. The second-order valence-corrected chi connectivity index (χ2v) is 4.35. The molecule has 1 rings (SSSR count). The molecule has 0 aliphatic heterocycles. The molecule has 0 unspecified atom stereocenters. The van der Waals surface area contributed by atoms with E-state index in [9.17, 15) is 0 Å². The molecule has 0 heterocycles. The Hall–Kier alpha value is -0.730. The van der Waals surface area contributed by atoms with Crippen LogP contribution in [0, 0.1) is 0 Å². The fourth-order valence-electron chi connectivity index (χ4n) is 1.66. The third-order valence-electron chi connectivity index (χ3n) is 2.95. The Morgan fingerprint density at radius 3 is 2.60 bits per heavy atom. The van der Waals surface area contributed by atoms with Gasteiger partial charge in [0.25, 0.3) is 0 Å². The first kappa shape index (κ1) is 12.3. The Kier molecular flexibility index (Phi) is 5.51. The molecule has 0 aromatic rings. The Labute approximate surface area is 94.0 Å². The van der Waals surface area contributed by atoms with Crippen LogP contribution in [0.25, 0.3) is 0 Å². The fraction of sp³-hybridized carbons (Fsp3) is 0.917. The van der Waals surface area contributed by atoms with Gasteiger partial charge in [-0.25, -0.2) is 0 Å². The molecule has 1 aliphatic rings. The van der Waals surface area contributed by atoms with Crippen LogP contribution in [0.15, 0.2) is 4.99 Å². The molecule has 0 bridgehead atoms. The molecule has 0 spiro atoms. The fourth-order valence-corrected chi connectivity index (χ4v) is 1.66. The van der Waals surface area contributed by atoms with E-state index in [0.717, 1.165) is 19.0 Å². The second-order valence-electron chi connectivity index (χ2n) is 4.35. The summed E-state index contributed by atoms with van der Waals surface area (Å²) in [5.41, 5.74) is 0. The van der Waals surface area contributed by atoms with Gasteiger partial charge in [-0.2, -0.15) is 0 Å². The highest BCUT2D eigenvalue weighted by Gasteiger charge is 2.19. The van der Waals surface area contributed by atoms with Gasteiger partial charge in [0.1, 0.15) is 0 Å². The van der Waals surface area contributed by atoms with Crippen molar-refractivity contribution in [1.29, 1.82) is 0 Å². The topological polar surface area (TPSA) is 27.6 Å². The predicted molar refractivity (Wildman–Crippen MR) is 66.3 cm³/mol. The monoisotopic (exact) mass is 211 g/mol. The van der Waals surface area contributed by atoms with Gasteiger partial charge in [-0.05, 0) is 32.6 Å². The molecule has 0 saturated heterocycles. The molecule has 15 heavy (non-hydrogen) atoms. The number of guanidine groups is 1. The number of nitrogens with one attached hydrogen (secondary N) is 1. The Bertz CT molecular complexity index is 197. The number of rotatable bonds is 5. The van der Waals surface area contributed by atoms with Crippen molar-refractivity contribution in [3.8, 4) is 0 Å². The van der Waals surface area contributed by atoms with Crippen LogP contribution in [0.3, 0.4) is 0 Å². The van der Waals surface area contributed by atoms with Gasteiger partial charge in [0.2, 0.25) is 0 Å². The molecule has 3 nitrogen and oxygen atoms in total. The minimum atomic E-state index is 0.680. The third kappa shape index (κ3) is 4.10. The highest BCUT2D eigenvalue weighted by Crippen LogP contribution is 2.18. The van der Waals surface area contributed by atoms with Crippen molar-refractivity contribution in [2.24, 2.45) is 4.99 Å². The van der Waals surface area contributed by atoms with Gasteiger partial charge in [0, 0.05) is 26.2 Å². The summed E-state index contributed by atoms with van der Waals surface area (Å²) < 4.78 is 0. The zero-order valence-electron chi connectivity index (χ0n) is 10.4. The summed E-state index contributed by atoms with van der Waals surface area (Å²) in [6, 6.07) is 0.680. The number of nitrogens with zero attached hydrogens (tertiary/aromatic N) is 2. The van der Waals surface area contributed by atoms with Crippen LogP contribution in [0.4, 0.5) is 0 Å². The van der Waals surface area contributed by atoms with Gasteiger partial charge in [-0.15, -0.1) is 0 Å². The first-order valence-corrected chi connectivity index (χ1v) is 6.30. The number of hydrogen-bond donors (Lipinski definition) is 1. The minimum absolute atomic E-state index is 0.680.